The lowest BCUT2D eigenvalue weighted by atomic mass is 10.0. The highest BCUT2D eigenvalue weighted by Gasteiger charge is 2.47. The molecule has 3 heterocycles. The molecule has 1 atom stereocenters. The lowest BCUT2D eigenvalue weighted by molar-refractivity contribution is -0.122. The number of thiophene rings is 1. The maximum Gasteiger partial charge on any atom is 0.253 e. The molecule has 10 heteroatoms. The molecule has 0 N–H and O–H groups in total. The molecule has 8 nitrogen and oxygen atoms in total. The summed E-state index contributed by atoms with van der Waals surface area (Å²) in [6.07, 6.45) is -0.236. The number of rotatable bonds is 7. The third-order valence-electron chi connectivity index (χ3n) is 6.12. The maximum atomic E-state index is 13.6. The third kappa shape index (κ3) is 4.33. The van der Waals surface area contributed by atoms with Crippen molar-refractivity contribution in [3.8, 4) is 11.5 Å². The van der Waals surface area contributed by atoms with E-state index >= 15 is 0 Å². The molecule has 1 fully saturated rings. The zero-order chi connectivity index (χ0) is 24.7. The van der Waals surface area contributed by atoms with Crippen LogP contribution in [0.15, 0.2) is 64.2 Å². The minimum absolute atomic E-state index is 0.0934. The molecule has 2 aliphatic rings. The van der Waals surface area contributed by atoms with Crippen molar-refractivity contribution in [3.05, 3.63) is 71.1 Å². The average molecular weight is 513 g/mol. The van der Waals surface area contributed by atoms with Crippen molar-refractivity contribution in [2.45, 2.75) is 43.0 Å². The van der Waals surface area contributed by atoms with Gasteiger partial charge in [0.15, 0.2) is 11.5 Å². The minimum atomic E-state index is -4.05. The minimum Gasteiger partial charge on any atom is -0.454 e. The summed E-state index contributed by atoms with van der Waals surface area (Å²) in [5.74, 6) is 0.388. The van der Waals surface area contributed by atoms with Gasteiger partial charge in [0.25, 0.3) is 15.9 Å². The number of nitrogens with zero attached hydrogens (tertiary/aromatic N) is 2. The summed E-state index contributed by atoms with van der Waals surface area (Å²) >= 11 is 1.07. The third-order valence-corrected chi connectivity index (χ3v) is 9.35. The van der Waals surface area contributed by atoms with Crippen LogP contribution in [0.5, 0.6) is 11.5 Å². The van der Waals surface area contributed by atoms with Gasteiger partial charge in [0, 0.05) is 6.54 Å². The van der Waals surface area contributed by atoms with E-state index in [-0.39, 0.29) is 24.0 Å². The molecule has 3 aromatic rings. The van der Waals surface area contributed by atoms with E-state index in [4.69, 9.17) is 9.47 Å². The quantitative estimate of drug-likeness (QED) is 0.442. The Kier molecular flexibility index (Phi) is 6.12. The van der Waals surface area contributed by atoms with Crippen LogP contribution < -0.4 is 14.4 Å². The number of carbonyl (C=O) groups excluding carboxylic acids is 2. The highest BCUT2D eigenvalue weighted by Crippen LogP contribution is 2.36. The standard InChI is InChI=1S/C25H24N2O6S2/c1-16(2)18-6-8-19(9-7-18)27-23(28)13-20(25(27)29)26(35(30,31)24-4-3-11-34-24)14-17-5-10-21-22(12-17)33-15-32-21/h3-12,16,20H,13-15H2,1-2H3. The van der Waals surface area contributed by atoms with E-state index in [1.807, 2.05) is 12.1 Å². The van der Waals surface area contributed by atoms with Gasteiger partial charge in [0.1, 0.15) is 10.3 Å². The van der Waals surface area contributed by atoms with Crippen molar-refractivity contribution in [1.82, 2.24) is 4.31 Å². The molecule has 2 amide bonds. The second kappa shape index (κ2) is 9.10. The van der Waals surface area contributed by atoms with Crippen molar-refractivity contribution in [1.29, 1.82) is 0 Å². The Hall–Kier alpha value is -3.21. The Morgan fingerprint density at radius 2 is 1.80 bits per heavy atom. The molecule has 182 valence electrons. The molecular formula is C25H24N2O6S2. The molecule has 0 radical (unpaired) electrons. The van der Waals surface area contributed by atoms with Gasteiger partial charge >= 0.3 is 0 Å². The lowest BCUT2D eigenvalue weighted by Crippen LogP contribution is -2.44. The van der Waals surface area contributed by atoms with E-state index in [9.17, 15) is 18.0 Å². The summed E-state index contributed by atoms with van der Waals surface area (Å²) in [5.41, 5.74) is 2.13. The van der Waals surface area contributed by atoms with Gasteiger partial charge in [-0.05, 0) is 52.8 Å². The second-order valence-corrected chi connectivity index (χ2v) is 11.8. The van der Waals surface area contributed by atoms with Crippen LogP contribution in [0.25, 0.3) is 0 Å². The fourth-order valence-electron chi connectivity index (χ4n) is 4.23. The molecule has 2 aliphatic heterocycles. The molecule has 0 bridgehead atoms. The number of benzene rings is 2. The first-order chi connectivity index (χ1) is 16.8. The van der Waals surface area contributed by atoms with Gasteiger partial charge in [-0.25, -0.2) is 13.3 Å². The normalized spacial score (nSPS) is 17.7. The van der Waals surface area contributed by atoms with E-state index in [0.29, 0.717) is 28.7 Å². The zero-order valence-corrected chi connectivity index (χ0v) is 20.8. The van der Waals surface area contributed by atoms with E-state index in [1.165, 1.54) is 6.07 Å². The number of carbonyl (C=O) groups is 2. The van der Waals surface area contributed by atoms with Gasteiger partial charge in [0.05, 0.1) is 12.1 Å². The number of hydrogen-bond donors (Lipinski definition) is 0. The Morgan fingerprint density at radius 1 is 1.06 bits per heavy atom. The molecule has 1 saturated heterocycles. The number of imide groups is 1. The number of hydrogen-bond acceptors (Lipinski definition) is 7. The second-order valence-electron chi connectivity index (χ2n) is 8.70. The molecule has 0 spiro atoms. The molecule has 5 rings (SSSR count). The smallest absolute Gasteiger partial charge is 0.253 e. The van der Waals surface area contributed by atoms with Crippen LogP contribution in [-0.2, 0) is 26.2 Å². The van der Waals surface area contributed by atoms with Crippen LogP contribution >= 0.6 is 11.3 Å². The zero-order valence-electron chi connectivity index (χ0n) is 19.2. The average Bonchev–Trinajstić information content (AvgIpc) is 3.58. The van der Waals surface area contributed by atoms with Crippen molar-refractivity contribution >= 4 is 38.9 Å². The summed E-state index contributed by atoms with van der Waals surface area (Å²) in [6, 6.07) is 14.3. The van der Waals surface area contributed by atoms with Crippen LogP contribution in [0.3, 0.4) is 0 Å². The van der Waals surface area contributed by atoms with E-state index in [0.717, 1.165) is 26.1 Å². The van der Waals surface area contributed by atoms with Crippen molar-refractivity contribution in [2.75, 3.05) is 11.7 Å². The summed E-state index contributed by atoms with van der Waals surface area (Å²) in [4.78, 5) is 27.6. The largest absolute Gasteiger partial charge is 0.454 e. The number of anilines is 1. The number of fused-ring (bicyclic) bond motifs is 1. The van der Waals surface area contributed by atoms with Crippen LogP contribution in [0.2, 0.25) is 0 Å². The van der Waals surface area contributed by atoms with Crippen molar-refractivity contribution < 1.29 is 27.5 Å². The SMILES string of the molecule is CC(C)c1ccc(N2C(=O)CC(N(Cc3ccc4c(c3)OCO4)S(=O)(=O)c3cccs3)C2=O)cc1. The molecule has 1 unspecified atom stereocenters. The molecule has 35 heavy (non-hydrogen) atoms. The predicted octanol–water partition coefficient (Wildman–Crippen LogP) is 4.12. The van der Waals surface area contributed by atoms with Crippen LogP contribution in [0.1, 0.15) is 37.3 Å². The molecule has 0 aliphatic carbocycles. The van der Waals surface area contributed by atoms with Gasteiger partial charge < -0.3 is 9.47 Å². The summed E-state index contributed by atoms with van der Waals surface area (Å²) in [5, 5.41) is 1.66. The van der Waals surface area contributed by atoms with Crippen LogP contribution in [-0.4, -0.2) is 37.4 Å². The summed E-state index contributed by atoms with van der Waals surface area (Å²) in [6.45, 7) is 4.11. The topological polar surface area (TPSA) is 93.2 Å². The number of amides is 2. The first-order valence-electron chi connectivity index (χ1n) is 11.2. The van der Waals surface area contributed by atoms with E-state index in [1.54, 1.807) is 41.8 Å². The molecule has 0 saturated carbocycles. The predicted molar refractivity (Wildman–Crippen MR) is 131 cm³/mol. The van der Waals surface area contributed by atoms with Gasteiger partial charge in [-0.1, -0.05) is 38.1 Å². The van der Waals surface area contributed by atoms with E-state index < -0.39 is 27.9 Å². The molecule has 1 aromatic heterocycles. The Morgan fingerprint density at radius 3 is 2.49 bits per heavy atom. The van der Waals surface area contributed by atoms with Crippen LogP contribution in [0.4, 0.5) is 5.69 Å². The van der Waals surface area contributed by atoms with Crippen molar-refractivity contribution in [3.63, 3.8) is 0 Å². The number of sulfonamides is 1. The maximum absolute atomic E-state index is 13.6. The van der Waals surface area contributed by atoms with E-state index in [2.05, 4.69) is 13.8 Å². The monoisotopic (exact) mass is 512 g/mol. The van der Waals surface area contributed by atoms with Gasteiger partial charge in [-0.2, -0.15) is 4.31 Å². The fourth-order valence-corrected chi connectivity index (χ4v) is 6.92. The lowest BCUT2D eigenvalue weighted by Gasteiger charge is -2.26. The Bertz CT molecular complexity index is 1370. The number of ether oxygens (including phenoxy) is 2. The fraction of sp³-hybridized carbons (Fsp3) is 0.280. The van der Waals surface area contributed by atoms with Gasteiger partial charge in [0.2, 0.25) is 12.7 Å². The van der Waals surface area contributed by atoms with Gasteiger partial charge in [-0.15, -0.1) is 11.3 Å². The summed E-state index contributed by atoms with van der Waals surface area (Å²) < 4.78 is 39.3. The highest BCUT2D eigenvalue weighted by molar-refractivity contribution is 7.91. The first-order valence-corrected chi connectivity index (χ1v) is 13.5. The van der Waals surface area contributed by atoms with Crippen molar-refractivity contribution in [2.24, 2.45) is 0 Å². The van der Waals surface area contributed by atoms with Crippen LogP contribution in [0, 0.1) is 0 Å². The Balaban J connectivity index is 1.50. The van der Waals surface area contributed by atoms with Gasteiger partial charge in [-0.3, -0.25) is 9.59 Å². The highest BCUT2D eigenvalue weighted by atomic mass is 32.2. The molecule has 2 aromatic carbocycles. The molecular weight excluding hydrogens is 488 g/mol. The summed E-state index contributed by atoms with van der Waals surface area (Å²) in [7, 11) is -4.05. The Labute approximate surface area is 207 Å². The first kappa shape index (κ1) is 23.5.